The Balaban J connectivity index is 1.49. The van der Waals surface area contributed by atoms with Crippen LogP contribution >= 0.6 is 0 Å². The van der Waals surface area contributed by atoms with E-state index in [0.717, 1.165) is 42.7 Å². The van der Waals surface area contributed by atoms with Crippen LogP contribution in [0.25, 0.3) is 11.0 Å². The van der Waals surface area contributed by atoms with Crippen molar-refractivity contribution in [2.24, 2.45) is 0 Å². The van der Waals surface area contributed by atoms with Crippen LogP contribution in [0.3, 0.4) is 0 Å². The van der Waals surface area contributed by atoms with Crippen LogP contribution in [-0.4, -0.2) is 56.2 Å². The molecular weight excluding hydrogens is 380 g/mol. The average Bonchev–Trinajstić information content (AvgIpc) is 3.23. The summed E-state index contributed by atoms with van der Waals surface area (Å²) in [6, 6.07) is 15.5. The SMILES string of the molecule is COc1ccc(CNN2CCN(C)CC2)c2cc(C(=O)NCc3ccccc3)oc12. The van der Waals surface area contributed by atoms with E-state index in [2.05, 4.69) is 27.7 Å². The summed E-state index contributed by atoms with van der Waals surface area (Å²) in [5.41, 5.74) is 6.20. The maximum Gasteiger partial charge on any atom is 0.287 e. The highest BCUT2D eigenvalue weighted by atomic mass is 16.5. The number of nitrogens with zero attached hydrogens (tertiary/aromatic N) is 2. The molecule has 4 rings (SSSR count). The molecule has 1 saturated heterocycles. The smallest absolute Gasteiger partial charge is 0.287 e. The van der Waals surface area contributed by atoms with Crippen molar-refractivity contribution in [1.82, 2.24) is 20.7 Å². The minimum atomic E-state index is -0.241. The number of methoxy groups -OCH3 is 1. The first-order chi connectivity index (χ1) is 14.6. The van der Waals surface area contributed by atoms with E-state index in [-0.39, 0.29) is 11.7 Å². The first-order valence-electron chi connectivity index (χ1n) is 10.2. The summed E-state index contributed by atoms with van der Waals surface area (Å²) in [7, 11) is 3.74. The number of carbonyl (C=O) groups is 1. The quantitative estimate of drug-likeness (QED) is 0.626. The van der Waals surface area contributed by atoms with Gasteiger partial charge in [-0.2, -0.15) is 0 Å². The zero-order valence-corrected chi connectivity index (χ0v) is 17.5. The molecule has 7 nitrogen and oxygen atoms in total. The summed E-state index contributed by atoms with van der Waals surface area (Å²) in [5.74, 6) is 0.664. The maximum atomic E-state index is 12.7. The Labute approximate surface area is 176 Å². The van der Waals surface area contributed by atoms with Crippen LogP contribution in [0, 0.1) is 0 Å². The molecule has 7 heteroatoms. The highest BCUT2D eigenvalue weighted by Crippen LogP contribution is 2.31. The highest BCUT2D eigenvalue weighted by molar-refractivity contribution is 5.98. The standard InChI is InChI=1S/C23H28N4O3/c1-26-10-12-27(13-11-26)25-16-18-8-9-20(29-2)22-19(18)14-21(30-22)23(28)24-15-17-6-4-3-5-7-17/h3-9,14,25H,10-13,15-16H2,1-2H3,(H,24,28). The van der Waals surface area contributed by atoms with Crippen molar-refractivity contribution >= 4 is 16.9 Å². The lowest BCUT2D eigenvalue weighted by Gasteiger charge is -2.32. The van der Waals surface area contributed by atoms with Crippen LogP contribution in [0.4, 0.5) is 0 Å². The number of amides is 1. The van der Waals surface area contributed by atoms with Gasteiger partial charge in [-0.05, 0) is 30.3 Å². The van der Waals surface area contributed by atoms with Gasteiger partial charge in [0.25, 0.3) is 5.91 Å². The molecule has 0 atom stereocenters. The predicted octanol–water partition coefficient (Wildman–Crippen LogP) is 2.62. The molecule has 0 radical (unpaired) electrons. The summed E-state index contributed by atoms with van der Waals surface area (Å²) in [4.78, 5) is 15.0. The second-order valence-electron chi connectivity index (χ2n) is 7.57. The van der Waals surface area contributed by atoms with Crippen LogP contribution in [0.5, 0.6) is 5.75 Å². The van der Waals surface area contributed by atoms with Gasteiger partial charge in [-0.3, -0.25) is 10.2 Å². The van der Waals surface area contributed by atoms with Crippen molar-refractivity contribution in [3.8, 4) is 5.75 Å². The van der Waals surface area contributed by atoms with Crippen LogP contribution in [0.15, 0.2) is 52.9 Å². The molecule has 2 heterocycles. The molecule has 1 fully saturated rings. The molecule has 2 N–H and O–H groups in total. The van der Waals surface area contributed by atoms with Crippen molar-refractivity contribution in [3.63, 3.8) is 0 Å². The fourth-order valence-corrected chi connectivity index (χ4v) is 3.61. The number of nitrogens with one attached hydrogen (secondary N) is 2. The van der Waals surface area contributed by atoms with Gasteiger partial charge in [-0.15, -0.1) is 0 Å². The van der Waals surface area contributed by atoms with Gasteiger partial charge in [-0.1, -0.05) is 36.4 Å². The zero-order valence-electron chi connectivity index (χ0n) is 17.5. The summed E-state index contributed by atoms with van der Waals surface area (Å²) in [6.45, 7) is 5.16. The molecule has 1 aliphatic rings. The molecule has 1 aliphatic heterocycles. The van der Waals surface area contributed by atoms with Crippen LogP contribution in [0.1, 0.15) is 21.7 Å². The predicted molar refractivity (Wildman–Crippen MR) is 116 cm³/mol. The second kappa shape index (κ2) is 9.30. The van der Waals surface area contributed by atoms with Gasteiger partial charge in [0.1, 0.15) is 0 Å². The molecule has 1 amide bonds. The number of furan rings is 1. The number of carbonyl (C=O) groups excluding carboxylic acids is 1. The van der Waals surface area contributed by atoms with E-state index in [9.17, 15) is 4.79 Å². The molecule has 3 aromatic rings. The van der Waals surface area contributed by atoms with Gasteiger partial charge < -0.3 is 19.4 Å². The number of rotatable bonds is 7. The Morgan fingerprint density at radius 1 is 1.07 bits per heavy atom. The van der Waals surface area contributed by atoms with E-state index < -0.39 is 0 Å². The van der Waals surface area contributed by atoms with Crippen molar-refractivity contribution in [1.29, 1.82) is 0 Å². The third kappa shape index (κ3) is 4.64. The Bertz CT molecular complexity index is 994. The normalized spacial score (nSPS) is 15.4. The number of ether oxygens (including phenoxy) is 1. The Morgan fingerprint density at radius 2 is 1.83 bits per heavy atom. The van der Waals surface area contributed by atoms with E-state index in [0.29, 0.717) is 24.4 Å². The van der Waals surface area contributed by atoms with Gasteiger partial charge in [0.05, 0.1) is 7.11 Å². The zero-order chi connectivity index (χ0) is 20.9. The number of piperazine rings is 1. The van der Waals surface area contributed by atoms with Gasteiger partial charge in [-0.25, -0.2) is 5.01 Å². The van der Waals surface area contributed by atoms with Crippen molar-refractivity contribution in [2.75, 3.05) is 40.3 Å². The van der Waals surface area contributed by atoms with Crippen LogP contribution in [-0.2, 0) is 13.1 Å². The minimum absolute atomic E-state index is 0.241. The van der Waals surface area contributed by atoms with Gasteiger partial charge in [0, 0.05) is 44.7 Å². The monoisotopic (exact) mass is 408 g/mol. The number of hydrogen-bond acceptors (Lipinski definition) is 6. The van der Waals surface area contributed by atoms with E-state index >= 15 is 0 Å². The minimum Gasteiger partial charge on any atom is -0.493 e. The number of fused-ring (bicyclic) bond motifs is 1. The molecule has 158 valence electrons. The summed E-state index contributed by atoms with van der Waals surface area (Å²) >= 11 is 0. The second-order valence-corrected chi connectivity index (χ2v) is 7.57. The number of hydrazine groups is 1. The Morgan fingerprint density at radius 3 is 2.57 bits per heavy atom. The molecule has 0 bridgehead atoms. The van der Waals surface area contributed by atoms with Crippen molar-refractivity contribution in [2.45, 2.75) is 13.1 Å². The van der Waals surface area contributed by atoms with E-state index in [1.54, 1.807) is 13.2 Å². The molecule has 0 spiro atoms. The highest BCUT2D eigenvalue weighted by Gasteiger charge is 2.19. The fourth-order valence-electron chi connectivity index (χ4n) is 3.61. The van der Waals surface area contributed by atoms with E-state index in [1.165, 1.54) is 0 Å². The summed E-state index contributed by atoms with van der Waals surface area (Å²) in [6.07, 6.45) is 0. The van der Waals surface area contributed by atoms with Crippen LogP contribution < -0.4 is 15.5 Å². The molecule has 0 unspecified atom stereocenters. The first kappa shape index (κ1) is 20.4. The largest absolute Gasteiger partial charge is 0.493 e. The molecule has 0 saturated carbocycles. The molecular formula is C23H28N4O3. The number of hydrogen-bond donors (Lipinski definition) is 2. The van der Waals surface area contributed by atoms with Gasteiger partial charge >= 0.3 is 0 Å². The molecule has 2 aromatic carbocycles. The topological polar surface area (TPSA) is 70.0 Å². The Kier molecular flexibility index (Phi) is 6.32. The maximum absolute atomic E-state index is 12.7. The third-order valence-electron chi connectivity index (χ3n) is 5.47. The van der Waals surface area contributed by atoms with Gasteiger partial charge in [0.15, 0.2) is 17.1 Å². The number of benzene rings is 2. The molecule has 1 aromatic heterocycles. The Hall–Kier alpha value is -2.87. The lowest BCUT2D eigenvalue weighted by Crippen LogP contribution is -2.50. The number of likely N-dealkylation sites (N-methyl/N-ethyl adjacent to an activating group) is 1. The first-order valence-corrected chi connectivity index (χ1v) is 10.2. The van der Waals surface area contributed by atoms with Gasteiger partial charge in [0.2, 0.25) is 0 Å². The molecule has 30 heavy (non-hydrogen) atoms. The van der Waals surface area contributed by atoms with E-state index in [4.69, 9.17) is 9.15 Å². The summed E-state index contributed by atoms with van der Waals surface area (Å²) < 4.78 is 11.4. The van der Waals surface area contributed by atoms with Crippen molar-refractivity contribution < 1.29 is 13.9 Å². The lowest BCUT2D eigenvalue weighted by molar-refractivity contribution is 0.0925. The van der Waals surface area contributed by atoms with Crippen LogP contribution in [0.2, 0.25) is 0 Å². The van der Waals surface area contributed by atoms with Crippen molar-refractivity contribution in [3.05, 3.63) is 65.4 Å². The summed E-state index contributed by atoms with van der Waals surface area (Å²) in [5, 5.41) is 6.05. The average molecular weight is 409 g/mol. The third-order valence-corrected chi connectivity index (χ3v) is 5.47. The van der Waals surface area contributed by atoms with E-state index in [1.807, 2.05) is 42.5 Å². The lowest BCUT2D eigenvalue weighted by atomic mass is 10.1. The molecule has 0 aliphatic carbocycles. The fraction of sp³-hybridized carbons (Fsp3) is 0.348.